The number of Topliss-reactive ketones (excluding diaryl/α,β-unsaturated/α-hetero) is 1. The summed E-state index contributed by atoms with van der Waals surface area (Å²) >= 11 is 11.7. The second-order valence-electron chi connectivity index (χ2n) is 3.91. The SMILES string of the molecule is Cn1cccc1C(=O)C(=O)Nc1ccc(Cl)cc1Cl. The molecule has 1 heterocycles. The van der Waals surface area contributed by atoms with Crippen LogP contribution >= 0.6 is 23.2 Å². The molecule has 0 bridgehead atoms. The molecule has 98 valence electrons. The first-order valence-corrected chi connectivity index (χ1v) is 6.16. The number of nitrogens with zero attached hydrogens (tertiary/aromatic N) is 1. The Bertz CT molecular complexity index is 650. The minimum atomic E-state index is -0.744. The molecular weight excluding hydrogens is 287 g/mol. The fourth-order valence-electron chi connectivity index (χ4n) is 1.58. The third kappa shape index (κ3) is 2.97. The summed E-state index contributed by atoms with van der Waals surface area (Å²) in [6.45, 7) is 0. The second kappa shape index (κ2) is 5.47. The first-order valence-electron chi connectivity index (χ1n) is 5.41. The van der Waals surface area contributed by atoms with Crippen molar-refractivity contribution in [2.75, 3.05) is 5.32 Å². The summed E-state index contributed by atoms with van der Waals surface area (Å²) in [6, 6.07) is 7.88. The Labute approximate surface area is 119 Å². The Morgan fingerprint density at radius 1 is 1.21 bits per heavy atom. The lowest BCUT2D eigenvalue weighted by Gasteiger charge is -2.07. The number of aryl methyl sites for hydroxylation is 1. The molecular formula is C13H10Cl2N2O2. The third-order valence-electron chi connectivity index (χ3n) is 2.56. The van der Waals surface area contributed by atoms with Gasteiger partial charge in [-0.15, -0.1) is 0 Å². The Kier molecular flexibility index (Phi) is 3.93. The molecule has 4 nitrogen and oxygen atoms in total. The number of rotatable bonds is 3. The van der Waals surface area contributed by atoms with Crippen LogP contribution in [0.1, 0.15) is 10.5 Å². The van der Waals surface area contributed by atoms with Gasteiger partial charge in [-0.05, 0) is 30.3 Å². The van der Waals surface area contributed by atoms with Crippen LogP contribution in [0, 0.1) is 0 Å². The molecule has 0 aliphatic heterocycles. The van der Waals surface area contributed by atoms with Crippen molar-refractivity contribution in [3.8, 4) is 0 Å². The Hall–Kier alpha value is -1.78. The van der Waals surface area contributed by atoms with Gasteiger partial charge in [0, 0.05) is 18.3 Å². The van der Waals surface area contributed by atoms with Crippen LogP contribution < -0.4 is 5.32 Å². The normalized spacial score (nSPS) is 10.3. The van der Waals surface area contributed by atoms with Gasteiger partial charge in [-0.25, -0.2) is 0 Å². The predicted molar refractivity (Wildman–Crippen MR) is 74.8 cm³/mol. The van der Waals surface area contributed by atoms with E-state index in [0.717, 1.165) is 0 Å². The standard InChI is InChI=1S/C13H10Cl2N2O2/c1-17-6-2-3-11(17)12(18)13(19)16-10-5-4-8(14)7-9(10)15/h2-7H,1H3,(H,16,19). The van der Waals surface area contributed by atoms with Crippen LogP contribution in [-0.4, -0.2) is 16.3 Å². The molecule has 0 radical (unpaired) electrons. The summed E-state index contributed by atoms with van der Waals surface area (Å²) < 4.78 is 1.57. The van der Waals surface area contributed by atoms with Crippen LogP contribution in [0.15, 0.2) is 36.5 Å². The molecule has 6 heteroatoms. The average molecular weight is 297 g/mol. The first kappa shape index (κ1) is 13.6. The van der Waals surface area contributed by atoms with E-state index in [1.165, 1.54) is 6.07 Å². The highest BCUT2D eigenvalue weighted by molar-refractivity contribution is 6.47. The van der Waals surface area contributed by atoms with Gasteiger partial charge < -0.3 is 9.88 Å². The zero-order chi connectivity index (χ0) is 14.0. The monoisotopic (exact) mass is 296 g/mol. The van der Waals surface area contributed by atoms with Gasteiger partial charge in [-0.1, -0.05) is 23.2 Å². The topological polar surface area (TPSA) is 51.1 Å². The molecule has 1 aromatic heterocycles. The summed E-state index contributed by atoms with van der Waals surface area (Å²) in [4.78, 5) is 23.7. The Morgan fingerprint density at radius 2 is 1.95 bits per heavy atom. The van der Waals surface area contributed by atoms with E-state index < -0.39 is 11.7 Å². The summed E-state index contributed by atoms with van der Waals surface area (Å²) in [5.74, 6) is -1.37. The van der Waals surface area contributed by atoms with Crippen LogP contribution in [-0.2, 0) is 11.8 Å². The number of hydrogen-bond acceptors (Lipinski definition) is 2. The summed E-state index contributed by atoms with van der Waals surface area (Å²) in [5.41, 5.74) is 0.654. The molecule has 1 amide bonds. The van der Waals surface area contributed by atoms with Gasteiger partial charge in [0.1, 0.15) is 0 Å². The van der Waals surface area contributed by atoms with Crippen molar-refractivity contribution in [3.05, 3.63) is 52.3 Å². The minimum absolute atomic E-state index is 0.278. The van der Waals surface area contributed by atoms with Crippen molar-refractivity contribution in [3.63, 3.8) is 0 Å². The van der Waals surface area contributed by atoms with Crippen molar-refractivity contribution in [1.82, 2.24) is 4.57 Å². The summed E-state index contributed by atoms with van der Waals surface area (Å²) in [5, 5.41) is 3.19. The number of halogens is 2. The second-order valence-corrected chi connectivity index (χ2v) is 4.76. The van der Waals surface area contributed by atoms with E-state index in [1.807, 2.05) is 0 Å². The number of nitrogens with one attached hydrogen (secondary N) is 1. The van der Waals surface area contributed by atoms with Gasteiger partial charge in [0.25, 0.3) is 11.7 Å². The highest BCUT2D eigenvalue weighted by atomic mass is 35.5. The number of carbonyl (C=O) groups is 2. The first-order chi connectivity index (χ1) is 8.99. The minimum Gasteiger partial charge on any atom is -0.348 e. The van der Waals surface area contributed by atoms with E-state index in [2.05, 4.69) is 5.32 Å². The molecule has 0 fully saturated rings. The molecule has 0 saturated carbocycles. The van der Waals surface area contributed by atoms with Crippen LogP contribution in [0.4, 0.5) is 5.69 Å². The highest BCUT2D eigenvalue weighted by Gasteiger charge is 2.19. The van der Waals surface area contributed by atoms with Gasteiger partial charge in [0.2, 0.25) is 0 Å². The van der Waals surface area contributed by atoms with Crippen LogP contribution in [0.5, 0.6) is 0 Å². The fraction of sp³-hybridized carbons (Fsp3) is 0.0769. The lowest BCUT2D eigenvalue weighted by atomic mass is 10.2. The molecule has 0 spiro atoms. The zero-order valence-electron chi connectivity index (χ0n) is 9.98. The van der Waals surface area contributed by atoms with Crippen LogP contribution in [0.3, 0.4) is 0 Å². The lowest BCUT2D eigenvalue weighted by molar-refractivity contribution is -0.112. The average Bonchev–Trinajstić information content (AvgIpc) is 2.78. The number of carbonyl (C=O) groups excluding carboxylic acids is 2. The molecule has 0 saturated heterocycles. The van der Waals surface area contributed by atoms with Crippen LogP contribution in [0.2, 0.25) is 10.0 Å². The van der Waals surface area contributed by atoms with Gasteiger partial charge in [-0.3, -0.25) is 9.59 Å². The number of anilines is 1. The smallest absolute Gasteiger partial charge is 0.298 e. The third-order valence-corrected chi connectivity index (χ3v) is 3.11. The zero-order valence-corrected chi connectivity index (χ0v) is 11.5. The summed E-state index contributed by atoms with van der Waals surface area (Å²) in [7, 11) is 1.69. The Morgan fingerprint density at radius 3 is 2.53 bits per heavy atom. The molecule has 2 aromatic rings. The Balaban J connectivity index is 2.18. The van der Waals surface area contributed by atoms with Crippen LogP contribution in [0.25, 0.3) is 0 Å². The number of hydrogen-bond donors (Lipinski definition) is 1. The number of amides is 1. The maximum absolute atomic E-state index is 11.9. The molecule has 1 N–H and O–H groups in total. The maximum atomic E-state index is 11.9. The number of benzene rings is 1. The van der Waals surface area contributed by atoms with Crippen molar-refractivity contribution in [1.29, 1.82) is 0 Å². The number of ketones is 1. The largest absolute Gasteiger partial charge is 0.348 e. The molecule has 0 aliphatic carbocycles. The van der Waals surface area contributed by atoms with Crippen molar-refractivity contribution in [2.45, 2.75) is 0 Å². The molecule has 0 unspecified atom stereocenters. The molecule has 2 rings (SSSR count). The summed E-state index contributed by atoms with van der Waals surface area (Å²) in [6.07, 6.45) is 1.69. The van der Waals surface area contributed by atoms with E-state index in [1.54, 1.807) is 42.1 Å². The van der Waals surface area contributed by atoms with Crippen molar-refractivity contribution in [2.24, 2.45) is 7.05 Å². The van der Waals surface area contributed by atoms with Gasteiger partial charge in [0.15, 0.2) is 0 Å². The van der Waals surface area contributed by atoms with Gasteiger partial charge in [0.05, 0.1) is 16.4 Å². The van der Waals surface area contributed by atoms with Crippen molar-refractivity contribution >= 4 is 40.6 Å². The van der Waals surface area contributed by atoms with E-state index in [4.69, 9.17) is 23.2 Å². The molecule has 0 aliphatic rings. The van der Waals surface area contributed by atoms with E-state index in [9.17, 15) is 9.59 Å². The highest BCUT2D eigenvalue weighted by Crippen LogP contribution is 2.25. The van der Waals surface area contributed by atoms with Gasteiger partial charge in [-0.2, -0.15) is 0 Å². The van der Waals surface area contributed by atoms with E-state index in [-0.39, 0.29) is 5.02 Å². The van der Waals surface area contributed by atoms with E-state index in [0.29, 0.717) is 16.4 Å². The molecule has 19 heavy (non-hydrogen) atoms. The fourth-order valence-corrected chi connectivity index (χ4v) is 2.04. The lowest BCUT2D eigenvalue weighted by Crippen LogP contribution is -2.24. The predicted octanol–water partition coefficient (Wildman–Crippen LogP) is 3.15. The van der Waals surface area contributed by atoms with Gasteiger partial charge >= 0.3 is 0 Å². The van der Waals surface area contributed by atoms with Crippen molar-refractivity contribution < 1.29 is 9.59 Å². The molecule has 0 atom stereocenters. The quantitative estimate of drug-likeness (QED) is 0.699. The number of aromatic nitrogens is 1. The maximum Gasteiger partial charge on any atom is 0.298 e. The van der Waals surface area contributed by atoms with E-state index >= 15 is 0 Å². The molecule has 1 aromatic carbocycles.